The summed E-state index contributed by atoms with van der Waals surface area (Å²) >= 11 is 18.2. The molecule has 0 aromatic rings. The van der Waals surface area contributed by atoms with Gasteiger partial charge in [0.25, 0.3) is 0 Å². The maximum Gasteiger partial charge on any atom is 2.00 e. The Balaban J connectivity index is -0.000000143. The third-order valence-corrected chi connectivity index (χ3v) is 2.19. The van der Waals surface area contributed by atoms with Crippen molar-refractivity contribution in [3.05, 3.63) is 0 Å². The van der Waals surface area contributed by atoms with Crippen LogP contribution in [0.5, 0.6) is 0 Å². The van der Waals surface area contributed by atoms with Crippen LogP contribution in [0.4, 0.5) is 0 Å². The van der Waals surface area contributed by atoms with Gasteiger partial charge in [-0.2, -0.15) is 0 Å². The molecule has 0 aliphatic heterocycles. The molecule has 7 heteroatoms. The van der Waals surface area contributed by atoms with E-state index in [1.165, 1.54) is 0 Å². The molecule has 0 unspecified atom stereocenters. The minimum absolute atomic E-state index is 0. The molecule has 0 amide bonds. The number of hydrogen-bond acceptors (Lipinski definition) is 4. The van der Waals surface area contributed by atoms with Gasteiger partial charge in [0.05, 0.1) is 0 Å². The molecule has 13 heavy (non-hydrogen) atoms. The summed E-state index contributed by atoms with van der Waals surface area (Å²) in [7, 11) is 7.31. The molecule has 0 bridgehead atoms. The van der Waals surface area contributed by atoms with Crippen LogP contribution in [0.2, 0.25) is 0 Å². The van der Waals surface area contributed by atoms with Crippen molar-refractivity contribution in [2.45, 2.75) is 0 Å². The number of hydrogen-bond donors (Lipinski definition) is 0. The monoisotopic (exact) mass is 370 g/mol. The van der Waals surface area contributed by atoms with E-state index in [1.807, 2.05) is 28.2 Å². The molecule has 0 saturated heterocycles. The SMILES string of the molecule is CN(C)C(=S)[S-].CN(C)C(=S)[S-].[Te+2]. The second-order valence-electron chi connectivity index (χ2n) is 2.32. The minimum atomic E-state index is 0. The predicted molar refractivity (Wildman–Crippen MR) is 73.1 cm³/mol. The van der Waals surface area contributed by atoms with Crippen LogP contribution in [0.25, 0.3) is 0 Å². The molecule has 0 aliphatic rings. The molecule has 0 rings (SSSR count). The van der Waals surface area contributed by atoms with Crippen LogP contribution in [-0.4, -0.2) is 70.3 Å². The van der Waals surface area contributed by atoms with Crippen LogP contribution in [-0.2, 0) is 25.3 Å². The third kappa shape index (κ3) is 19.4. The van der Waals surface area contributed by atoms with Crippen molar-refractivity contribution in [1.82, 2.24) is 9.80 Å². The Morgan fingerprint density at radius 3 is 0.923 bits per heavy atom. The summed E-state index contributed by atoms with van der Waals surface area (Å²) in [5.41, 5.74) is 0. The number of thiocarbonyl (C=S) groups is 2. The van der Waals surface area contributed by atoms with Crippen molar-refractivity contribution >= 4 is 82.0 Å². The van der Waals surface area contributed by atoms with E-state index in [2.05, 4.69) is 49.7 Å². The van der Waals surface area contributed by atoms with Crippen molar-refractivity contribution in [2.24, 2.45) is 0 Å². The number of rotatable bonds is 0. The van der Waals surface area contributed by atoms with Gasteiger partial charge in [-0.25, -0.2) is 0 Å². The number of nitrogens with zero attached hydrogens (tertiary/aromatic N) is 2. The van der Waals surface area contributed by atoms with Crippen LogP contribution in [0.1, 0.15) is 0 Å². The molecular weight excluding hydrogens is 356 g/mol. The van der Waals surface area contributed by atoms with E-state index in [-0.39, 0.29) is 23.7 Å². The Hall–Kier alpha value is 1.01. The fourth-order valence-corrected chi connectivity index (χ4v) is 0. The molecule has 0 aromatic heterocycles. The van der Waals surface area contributed by atoms with Crippen LogP contribution < -0.4 is 0 Å². The van der Waals surface area contributed by atoms with Crippen LogP contribution in [0.15, 0.2) is 0 Å². The summed E-state index contributed by atoms with van der Waals surface area (Å²) in [5.74, 6) is 0. The first-order valence-corrected chi connectivity index (χ1v) is 4.69. The van der Waals surface area contributed by atoms with Gasteiger partial charge in [0.15, 0.2) is 0 Å². The van der Waals surface area contributed by atoms with Crippen molar-refractivity contribution in [2.75, 3.05) is 28.2 Å². The van der Waals surface area contributed by atoms with Crippen molar-refractivity contribution in [3.63, 3.8) is 0 Å². The van der Waals surface area contributed by atoms with Crippen LogP contribution in [0.3, 0.4) is 0 Å². The van der Waals surface area contributed by atoms with Gasteiger partial charge in [0, 0.05) is 28.2 Å². The molecule has 0 aliphatic carbocycles. The summed E-state index contributed by atoms with van der Waals surface area (Å²) in [6.45, 7) is 0. The predicted octanol–water partition coefficient (Wildman–Crippen LogP) is 0.379. The maximum atomic E-state index is 4.56. The minimum Gasteiger partial charge on any atom is -0.411 e. The Morgan fingerprint density at radius 2 is 0.923 bits per heavy atom. The van der Waals surface area contributed by atoms with Gasteiger partial charge >= 0.3 is 23.7 Å². The van der Waals surface area contributed by atoms with E-state index in [1.54, 1.807) is 9.80 Å². The standard InChI is InChI=1S/2C3H7NS2.Te/c2*1-4(2)3(5)6;/h2*1-2H3,(H,5,6);/q;;+2/p-2. The molecule has 0 aromatic carbocycles. The second-order valence-corrected chi connectivity index (χ2v) is 4.38. The first-order valence-electron chi connectivity index (χ1n) is 3.05. The Bertz CT molecular complexity index is 143. The first kappa shape index (κ1) is 19.6. The van der Waals surface area contributed by atoms with Gasteiger partial charge in [0.1, 0.15) is 0 Å². The molecule has 0 saturated carbocycles. The van der Waals surface area contributed by atoms with E-state index in [0.29, 0.717) is 8.64 Å². The summed E-state index contributed by atoms with van der Waals surface area (Å²) in [6, 6.07) is 0. The van der Waals surface area contributed by atoms with Gasteiger partial charge in [-0.05, 0) is 0 Å². The summed E-state index contributed by atoms with van der Waals surface area (Å²) in [5, 5.41) is 0. The van der Waals surface area contributed by atoms with E-state index in [0.717, 1.165) is 0 Å². The quantitative estimate of drug-likeness (QED) is 0.344. The molecule has 0 N–H and O–H groups in total. The average molecular weight is 368 g/mol. The van der Waals surface area contributed by atoms with Gasteiger partial charge < -0.3 is 59.5 Å². The molecule has 0 atom stereocenters. The Labute approximate surface area is 119 Å². The molecule has 0 spiro atoms. The Morgan fingerprint density at radius 1 is 0.846 bits per heavy atom. The fraction of sp³-hybridized carbons (Fsp3) is 0.667. The first-order chi connectivity index (χ1) is 5.29. The zero-order valence-corrected chi connectivity index (χ0v) is 13.5. The van der Waals surface area contributed by atoms with Crippen molar-refractivity contribution in [3.8, 4) is 0 Å². The molecular formula is C6H12N2S4Te. The van der Waals surface area contributed by atoms with Crippen molar-refractivity contribution in [1.29, 1.82) is 0 Å². The maximum absolute atomic E-state index is 4.56. The van der Waals surface area contributed by atoms with Gasteiger partial charge in [-0.3, -0.25) is 0 Å². The zero-order chi connectivity index (χ0) is 10.3. The van der Waals surface area contributed by atoms with Crippen LogP contribution >= 0.6 is 24.4 Å². The molecule has 2 nitrogen and oxygen atoms in total. The smallest absolute Gasteiger partial charge is 0.411 e. The van der Waals surface area contributed by atoms with Gasteiger partial charge in [0.2, 0.25) is 0 Å². The van der Waals surface area contributed by atoms with E-state index < -0.39 is 0 Å². The summed E-state index contributed by atoms with van der Waals surface area (Å²) < 4.78 is 1.02. The fourth-order valence-electron chi connectivity index (χ4n) is 0. The van der Waals surface area contributed by atoms with E-state index in [9.17, 15) is 0 Å². The Kier molecular flexibility index (Phi) is 16.7. The second kappa shape index (κ2) is 11.1. The van der Waals surface area contributed by atoms with Crippen LogP contribution in [0, 0.1) is 0 Å². The van der Waals surface area contributed by atoms with E-state index >= 15 is 0 Å². The van der Waals surface area contributed by atoms with Crippen molar-refractivity contribution < 1.29 is 0 Å². The average Bonchev–Trinajstić information content (AvgIpc) is 1.88. The van der Waals surface area contributed by atoms with Gasteiger partial charge in [-0.15, -0.1) is 0 Å². The third-order valence-electron chi connectivity index (χ3n) is 0.730. The normalized spacial score (nSPS) is 7.08. The molecule has 0 fully saturated rings. The largest absolute Gasteiger partial charge is 2.00 e. The van der Waals surface area contributed by atoms with E-state index in [4.69, 9.17) is 0 Å². The molecule has 76 valence electrons. The molecule has 0 heterocycles. The topological polar surface area (TPSA) is 6.48 Å². The van der Waals surface area contributed by atoms with Gasteiger partial charge in [-0.1, -0.05) is 8.64 Å². The zero-order valence-electron chi connectivity index (χ0n) is 7.94. The summed E-state index contributed by atoms with van der Waals surface area (Å²) in [4.78, 5) is 3.43. The molecule has 4 radical (unpaired) electrons. The summed E-state index contributed by atoms with van der Waals surface area (Å²) in [6.07, 6.45) is 0.